The normalized spacial score (nSPS) is 11.6. The highest BCUT2D eigenvalue weighted by Gasteiger charge is 2.11. The van der Waals surface area contributed by atoms with Gasteiger partial charge in [0.15, 0.2) is 10.6 Å². The van der Waals surface area contributed by atoms with Crippen LogP contribution in [0.15, 0.2) is 33.6 Å². The standard InChI is InChI=1S/C14H12N6O2S/c1-8-6-23-14-17-9(3-11(21)20(8)14)5-19-7-15-12-10(13(19)22)4-16-18(12)2/h3-4,6-7H,5H2,1-2H3. The van der Waals surface area contributed by atoms with Gasteiger partial charge in [0.05, 0.1) is 18.4 Å². The van der Waals surface area contributed by atoms with Gasteiger partial charge in [-0.25, -0.2) is 9.97 Å². The Morgan fingerprint density at radius 2 is 2.13 bits per heavy atom. The molecule has 9 heteroatoms. The third-order valence-electron chi connectivity index (χ3n) is 3.68. The zero-order valence-electron chi connectivity index (χ0n) is 12.4. The molecule has 23 heavy (non-hydrogen) atoms. The van der Waals surface area contributed by atoms with E-state index in [2.05, 4.69) is 15.1 Å². The lowest BCUT2D eigenvalue weighted by Gasteiger charge is -2.05. The van der Waals surface area contributed by atoms with E-state index in [4.69, 9.17) is 0 Å². The first-order valence-electron chi connectivity index (χ1n) is 6.88. The fourth-order valence-corrected chi connectivity index (χ4v) is 3.43. The second-order valence-corrected chi connectivity index (χ2v) is 6.10. The molecule has 0 N–H and O–H groups in total. The molecule has 0 spiro atoms. The maximum Gasteiger partial charge on any atom is 0.264 e. The Kier molecular flexibility index (Phi) is 2.91. The largest absolute Gasteiger partial charge is 0.292 e. The number of rotatable bonds is 2. The molecule has 0 radical (unpaired) electrons. The predicted octanol–water partition coefficient (Wildman–Crippen LogP) is 0.556. The summed E-state index contributed by atoms with van der Waals surface area (Å²) in [5, 5.41) is 6.36. The quantitative estimate of drug-likeness (QED) is 0.536. The number of hydrogen-bond donors (Lipinski definition) is 0. The second-order valence-electron chi connectivity index (χ2n) is 5.26. The number of aromatic nitrogens is 6. The van der Waals surface area contributed by atoms with Crippen molar-refractivity contribution in [3.63, 3.8) is 0 Å². The first-order chi connectivity index (χ1) is 11.0. The van der Waals surface area contributed by atoms with E-state index in [1.165, 1.54) is 34.5 Å². The predicted molar refractivity (Wildman–Crippen MR) is 85.9 cm³/mol. The molecular weight excluding hydrogens is 316 g/mol. The Morgan fingerprint density at radius 1 is 1.30 bits per heavy atom. The van der Waals surface area contributed by atoms with Gasteiger partial charge < -0.3 is 0 Å². The van der Waals surface area contributed by atoms with Crippen molar-refractivity contribution in [2.45, 2.75) is 13.5 Å². The van der Waals surface area contributed by atoms with Crippen LogP contribution in [0.2, 0.25) is 0 Å². The molecule has 0 bridgehead atoms. The van der Waals surface area contributed by atoms with E-state index in [-0.39, 0.29) is 17.7 Å². The molecule has 0 amide bonds. The molecule has 4 aromatic heterocycles. The van der Waals surface area contributed by atoms with Crippen molar-refractivity contribution in [3.8, 4) is 0 Å². The summed E-state index contributed by atoms with van der Waals surface area (Å²) in [6, 6.07) is 1.45. The summed E-state index contributed by atoms with van der Waals surface area (Å²) >= 11 is 1.40. The zero-order chi connectivity index (χ0) is 16.1. The van der Waals surface area contributed by atoms with Crippen molar-refractivity contribution >= 4 is 27.3 Å². The number of nitrogens with zero attached hydrogens (tertiary/aromatic N) is 6. The van der Waals surface area contributed by atoms with Crippen molar-refractivity contribution in [1.82, 2.24) is 28.7 Å². The van der Waals surface area contributed by atoms with Crippen molar-refractivity contribution in [1.29, 1.82) is 0 Å². The van der Waals surface area contributed by atoms with Crippen molar-refractivity contribution in [2.75, 3.05) is 0 Å². The molecule has 0 saturated carbocycles. The molecule has 0 aliphatic rings. The molecule has 0 fully saturated rings. The summed E-state index contributed by atoms with van der Waals surface area (Å²) in [7, 11) is 1.73. The molecule has 4 heterocycles. The van der Waals surface area contributed by atoms with Gasteiger partial charge in [0.1, 0.15) is 11.7 Å². The topological polar surface area (TPSA) is 87.1 Å². The minimum atomic E-state index is -0.201. The average molecular weight is 328 g/mol. The van der Waals surface area contributed by atoms with Crippen molar-refractivity contribution in [2.24, 2.45) is 7.05 Å². The summed E-state index contributed by atoms with van der Waals surface area (Å²) in [6.45, 7) is 2.05. The monoisotopic (exact) mass is 328 g/mol. The smallest absolute Gasteiger partial charge is 0.264 e. The summed E-state index contributed by atoms with van der Waals surface area (Å²) in [6.07, 6.45) is 2.95. The molecule has 4 rings (SSSR count). The summed E-state index contributed by atoms with van der Waals surface area (Å²) < 4.78 is 4.54. The molecule has 0 unspecified atom stereocenters. The van der Waals surface area contributed by atoms with Gasteiger partial charge in [0.2, 0.25) is 0 Å². The molecule has 0 aliphatic carbocycles. The molecule has 0 aromatic carbocycles. The average Bonchev–Trinajstić information content (AvgIpc) is 3.07. The van der Waals surface area contributed by atoms with E-state index in [0.29, 0.717) is 21.7 Å². The third kappa shape index (κ3) is 2.08. The SMILES string of the molecule is Cc1csc2nc(Cn3cnc4c(cnn4C)c3=O)cc(=O)n12. The van der Waals surface area contributed by atoms with E-state index in [1.54, 1.807) is 16.1 Å². The number of hydrogen-bond acceptors (Lipinski definition) is 6. The van der Waals surface area contributed by atoms with E-state index in [9.17, 15) is 9.59 Å². The summed E-state index contributed by atoms with van der Waals surface area (Å²) in [5.41, 5.74) is 1.57. The van der Waals surface area contributed by atoms with Crippen LogP contribution in [0.5, 0.6) is 0 Å². The fraction of sp³-hybridized carbons (Fsp3) is 0.214. The van der Waals surface area contributed by atoms with Gasteiger partial charge in [-0.2, -0.15) is 5.10 Å². The van der Waals surface area contributed by atoms with Crippen molar-refractivity contribution < 1.29 is 0 Å². The Bertz CT molecular complexity index is 1170. The molecule has 0 saturated heterocycles. The first-order valence-corrected chi connectivity index (χ1v) is 7.76. The van der Waals surface area contributed by atoms with Crippen LogP contribution in [0.1, 0.15) is 11.4 Å². The van der Waals surface area contributed by atoms with Gasteiger partial charge >= 0.3 is 0 Å². The number of thiazole rings is 1. The molecule has 116 valence electrons. The van der Waals surface area contributed by atoms with E-state index < -0.39 is 0 Å². The Hall–Kier alpha value is -2.81. The van der Waals surface area contributed by atoms with Crippen LogP contribution in [0.25, 0.3) is 16.0 Å². The van der Waals surface area contributed by atoms with E-state index >= 15 is 0 Å². The highest BCUT2D eigenvalue weighted by atomic mass is 32.1. The van der Waals surface area contributed by atoms with Gasteiger partial charge in [-0.3, -0.25) is 23.2 Å². The van der Waals surface area contributed by atoms with Crippen LogP contribution in [0.4, 0.5) is 0 Å². The third-order valence-corrected chi connectivity index (χ3v) is 4.62. The maximum absolute atomic E-state index is 12.5. The van der Waals surface area contributed by atoms with Crippen LogP contribution < -0.4 is 11.1 Å². The zero-order valence-corrected chi connectivity index (χ0v) is 13.2. The van der Waals surface area contributed by atoms with Gasteiger partial charge in [-0.05, 0) is 6.92 Å². The first kappa shape index (κ1) is 13.8. The lowest BCUT2D eigenvalue weighted by Crippen LogP contribution is -2.23. The lowest BCUT2D eigenvalue weighted by molar-refractivity contribution is 0.720. The minimum absolute atomic E-state index is 0.146. The van der Waals surface area contributed by atoms with Crippen LogP contribution in [0, 0.1) is 6.92 Å². The lowest BCUT2D eigenvalue weighted by atomic mass is 10.3. The molecule has 4 aromatic rings. The van der Waals surface area contributed by atoms with Crippen LogP contribution in [-0.2, 0) is 13.6 Å². The Morgan fingerprint density at radius 3 is 2.96 bits per heavy atom. The molecule has 0 atom stereocenters. The van der Waals surface area contributed by atoms with Gasteiger partial charge in [0, 0.05) is 24.2 Å². The molecular formula is C14H12N6O2S. The highest BCUT2D eigenvalue weighted by Crippen LogP contribution is 2.12. The maximum atomic E-state index is 12.5. The van der Waals surface area contributed by atoms with Crippen LogP contribution in [0.3, 0.4) is 0 Å². The Labute approximate surface area is 133 Å². The number of fused-ring (bicyclic) bond motifs is 2. The van der Waals surface area contributed by atoms with Crippen LogP contribution >= 0.6 is 11.3 Å². The fourth-order valence-electron chi connectivity index (χ4n) is 2.54. The van der Waals surface area contributed by atoms with Crippen LogP contribution in [-0.4, -0.2) is 28.7 Å². The van der Waals surface area contributed by atoms with E-state index in [1.807, 2.05) is 12.3 Å². The highest BCUT2D eigenvalue weighted by molar-refractivity contribution is 7.15. The van der Waals surface area contributed by atoms with Gasteiger partial charge in [-0.1, -0.05) is 0 Å². The summed E-state index contributed by atoms with van der Waals surface area (Å²) in [4.78, 5) is 34.0. The van der Waals surface area contributed by atoms with Gasteiger partial charge in [-0.15, -0.1) is 11.3 Å². The molecule has 8 nitrogen and oxygen atoms in total. The Balaban J connectivity index is 1.83. The van der Waals surface area contributed by atoms with Gasteiger partial charge in [0.25, 0.3) is 11.1 Å². The number of aryl methyl sites for hydroxylation is 2. The summed E-state index contributed by atoms with van der Waals surface area (Å²) in [5.74, 6) is 0. The van der Waals surface area contributed by atoms with Crippen molar-refractivity contribution in [3.05, 3.63) is 56.1 Å². The second kappa shape index (κ2) is 4.85. The van der Waals surface area contributed by atoms with E-state index in [0.717, 1.165) is 5.69 Å². The minimum Gasteiger partial charge on any atom is -0.292 e. The molecule has 0 aliphatic heterocycles.